The molecule has 3 aliphatic rings. The fourth-order valence-electron chi connectivity index (χ4n) is 5.25. The molecule has 2 aromatic carbocycles. The predicted molar refractivity (Wildman–Crippen MR) is 156 cm³/mol. The molecular weight excluding hydrogens is 552 g/mol. The molecule has 0 radical (unpaired) electrons. The Morgan fingerprint density at radius 1 is 1.05 bits per heavy atom. The number of rotatable bonds is 6. The molecule has 2 fully saturated rings. The minimum Gasteiger partial charge on any atom is -0.472 e. The number of hydrogen-bond donors (Lipinski definition) is 2. The van der Waals surface area contributed by atoms with Gasteiger partial charge in [0.15, 0.2) is 12.0 Å². The van der Waals surface area contributed by atoms with Gasteiger partial charge in [0.2, 0.25) is 0 Å². The fourth-order valence-corrected chi connectivity index (χ4v) is 6.96. The predicted octanol–water partition coefficient (Wildman–Crippen LogP) is 4.84. The number of fused-ring (bicyclic) bond motifs is 2. The zero-order valence-electron chi connectivity index (χ0n) is 22.4. The molecule has 4 heterocycles. The minimum atomic E-state index is -2.50. The molecule has 11 heteroatoms. The molecule has 0 aliphatic carbocycles. The van der Waals surface area contributed by atoms with Crippen LogP contribution in [0.25, 0.3) is 22.4 Å². The van der Waals surface area contributed by atoms with Crippen LogP contribution in [-0.4, -0.2) is 70.1 Å². The maximum Gasteiger partial charge on any atom is 0.195 e. The molecule has 0 spiro atoms. The summed E-state index contributed by atoms with van der Waals surface area (Å²) in [6.45, 7) is 4.48. The van der Waals surface area contributed by atoms with Crippen molar-refractivity contribution in [3.05, 3.63) is 65.3 Å². The van der Waals surface area contributed by atoms with E-state index in [9.17, 15) is 9.32 Å². The Bertz CT molecular complexity index is 1570. The first-order chi connectivity index (χ1) is 19.1. The highest BCUT2D eigenvalue weighted by molar-refractivity contribution is 7.91. The number of nitrogens with one attached hydrogen (secondary N) is 1. The molecule has 0 saturated carbocycles. The van der Waals surface area contributed by atoms with Crippen LogP contribution in [0.2, 0.25) is 5.02 Å². The van der Waals surface area contributed by atoms with Crippen LogP contribution in [0, 0.1) is 0 Å². The molecule has 0 bridgehead atoms. The highest BCUT2D eigenvalue weighted by Crippen LogP contribution is 2.37. The van der Waals surface area contributed by atoms with E-state index in [0.29, 0.717) is 41.0 Å². The Labute approximate surface area is 238 Å². The van der Waals surface area contributed by atoms with Crippen LogP contribution in [0.1, 0.15) is 19.5 Å². The van der Waals surface area contributed by atoms with E-state index in [4.69, 9.17) is 30.8 Å². The summed E-state index contributed by atoms with van der Waals surface area (Å²) in [5, 5.41) is 10.5. The van der Waals surface area contributed by atoms with Gasteiger partial charge in [0.05, 0.1) is 47.4 Å². The highest BCUT2D eigenvalue weighted by Gasteiger charge is 2.49. The summed E-state index contributed by atoms with van der Waals surface area (Å²) in [6, 6.07) is 17.6. The van der Waals surface area contributed by atoms with Gasteiger partial charge in [-0.3, -0.25) is 0 Å². The Morgan fingerprint density at radius 3 is 2.40 bits per heavy atom. The van der Waals surface area contributed by atoms with Crippen molar-refractivity contribution in [3.63, 3.8) is 0 Å². The number of aromatic nitrogens is 1. The van der Waals surface area contributed by atoms with Gasteiger partial charge in [0, 0.05) is 17.9 Å². The van der Waals surface area contributed by atoms with E-state index in [2.05, 4.69) is 14.1 Å². The van der Waals surface area contributed by atoms with E-state index in [1.165, 1.54) is 0 Å². The molecule has 9 nitrogen and oxygen atoms in total. The average Bonchev–Trinajstić information content (AvgIpc) is 3.59. The first-order valence-electron chi connectivity index (χ1n) is 13.2. The lowest BCUT2D eigenvalue weighted by Crippen LogP contribution is -2.34. The van der Waals surface area contributed by atoms with Gasteiger partial charge >= 0.3 is 0 Å². The van der Waals surface area contributed by atoms with Gasteiger partial charge < -0.3 is 19.3 Å². The van der Waals surface area contributed by atoms with Crippen LogP contribution < -0.4 is 4.72 Å². The van der Waals surface area contributed by atoms with Crippen molar-refractivity contribution in [1.29, 1.82) is 0 Å². The van der Waals surface area contributed by atoms with Crippen molar-refractivity contribution >= 4 is 38.8 Å². The third-order valence-corrected chi connectivity index (χ3v) is 8.71. The Kier molecular flexibility index (Phi) is 7.41. The normalized spacial score (nSPS) is 24.9. The van der Waals surface area contributed by atoms with Crippen molar-refractivity contribution in [1.82, 2.24) is 9.71 Å². The number of ether oxygens (including phenoxy) is 3. The lowest BCUT2D eigenvalue weighted by atomic mass is 10.0. The Balaban J connectivity index is 1.14. The number of halogens is 1. The van der Waals surface area contributed by atoms with E-state index in [-0.39, 0.29) is 31.0 Å². The first kappa shape index (κ1) is 27.3. The molecule has 2 N–H and O–H groups in total. The minimum absolute atomic E-state index is 0.0771. The summed E-state index contributed by atoms with van der Waals surface area (Å²) in [4.78, 5) is 9.41. The molecule has 0 amide bonds. The first-order valence-corrected chi connectivity index (χ1v) is 15.5. The van der Waals surface area contributed by atoms with E-state index in [1.807, 2.05) is 68.4 Å². The van der Waals surface area contributed by atoms with Gasteiger partial charge in [0.25, 0.3) is 0 Å². The molecule has 2 saturated heterocycles. The second-order valence-corrected chi connectivity index (χ2v) is 13.0. The molecule has 6 rings (SSSR count). The molecular formula is C29H31ClN4O5S. The Morgan fingerprint density at radius 2 is 1.70 bits per heavy atom. The summed E-state index contributed by atoms with van der Waals surface area (Å²) < 4.78 is 37.4. The number of benzene rings is 2. The molecule has 210 valence electrons. The van der Waals surface area contributed by atoms with Crippen molar-refractivity contribution in [3.8, 4) is 22.4 Å². The van der Waals surface area contributed by atoms with Crippen LogP contribution >= 0.6 is 11.6 Å². The van der Waals surface area contributed by atoms with Crippen molar-refractivity contribution in [2.24, 2.45) is 9.36 Å². The summed E-state index contributed by atoms with van der Waals surface area (Å²) in [5.41, 5.74) is 5.76. The van der Waals surface area contributed by atoms with Crippen molar-refractivity contribution in [2.75, 3.05) is 19.5 Å². The lowest BCUT2D eigenvalue weighted by Gasteiger charge is -2.17. The largest absolute Gasteiger partial charge is 0.472 e. The van der Waals surface area contributed by atoms with Crippen LogP contribution in [0.5, 0.6) is 0 Å². The fraction of sp³-hybridized carbons (Fsp3) is 0.379. The molecule has 3 aromatic rings. The summed E-state index contributed by atoms with van der Waals surface area (Å²) in [7, 11) is -2.50. The molecule has 1 unspecified atom stereocenters. The third-order valence-electron chi connectivity index (χ3n) is 6.96. The lowest BCUT2D eigenvalue weighted by molar-refractivity contribution is 0.00558. The van der Waals surface area contributed by atoms with Crippen LogP contribution in [0.3, 0.4) is 0 Å². The van der Waals surface area contributed by atoms with Gasteiger partial charge in [-0.25, -0.2) is 18.9 Å². The average molecular weight is 583 g/mol. The molecule has 3 aliphatic heterocycles. The van der Waals surface area contributed by atoms with Crippen molar-refractivity contribution < 1.29 is 23.5 Å². The number of aliphatic imine (C=N–C) groups is 1. The zero-order chi connectivity index (χ0) is 28.0. The van der Waals surface area contributed by atoms with Gasteiger partial charge in [-0.1, -0.05) is 48.0 Å². The number of hydrogen-bond acceptors (Lipinski definition) is 8. The van der Waals surface area contributed by atoms with Gasteiger partial charge in [-0.05, 0) is 43.2 Å². The number of aliphatic hydroxyl groups is 1. The van der Waals surface area contributed by atoms with E-state index >= 15 is 0 Å². The van der Waals surface area contributed by atoms with E-state index in [1.54, 1.807) is 6.26 Å². The monoisotopic (exact) mass is 582 g/mol. The summed E-state index contributed by atoms with van der Waals surface area (Å²) >= 11 is 6.63. The van der Waals surface area contributed by atoms with Gasteiger partial charge in [-0.2, -0.15) is 4.36 Å². The van der Waals surface area contributed by atoms with E-state index < -0.39 is 16.0 Å². The SMILES string of the molecule is CC(C)NS(C)(=O)=Nc1ccc(-c2ccc(-c3nc4c(cc3Cl)N=C(O[C@@H]3CO[C@H]5[C@@H]3OC[C@H]5O)C4)cc2)cc1. The molecule has 40 heavy (non-hydrogen) atoms. The molecule has 1 aromatic heterocycles. The Hall–Kier alpha value is -2.86. The number of pyridine rings is 1. The van der Waals surface area contributed by atoms with Gasteiger partial charge in [0.1, 0.15) is 28.2 Å². The van der Waals surface area contributed by atoms with Crippen molar-refractivity contribution in [2.45, 2.75) is 50.7 Å². The second kappa shape index (κ2) is 10.8. The number of aliphatic hydroxyl groups excluding tert-OH is 1. The van der Waals surface area contributed by atoms with Gasteiger partial charge in [-0.15, -0.1) is 0 Å². The summed E-state index contributed by atoms with van der Waals surface area (Å²) in [6.07, 6.45) is 0.455. The second-order valence-electron chi connectivity index (χ2n) is 10.6. The third kappa shape index (κ3) is 5.65. The topological polar surface area (TPSA) is 115 Å². The zero-order valence-corrected chi connectivity index (χ0v) is 24.0. The summed E-state index contributed by atoms with van der Waals surface area (Å²) in [5.74, 6) is 0.541. The standard InChI is InChI=1S/C29H31ClN4O5S/c1-16(2)33-40(3,36)34-20-10-8-18(9-11-20)17-4-6-19(7-5-17)27-21(30)12-22-23(32-27)13-26(31-22)39-25-15-38-28-24(35)14-37-29(25)28/h4-12,16,24-25,28-29,35H,13-15H2,1-3H3,(H,33,34,36)/t24-,25-,28-,29-,40?/m1/s1. The maximum atomic E-state index is 12.6. The van der Waals surface area contributed by atoms with Crippen LogP contribution in [-0.2, 0) is 30.5 Å². The number of nitrogens with zero attached hydrogens (tertiary/aromatic N) is 3. The van der Waals surface area contributed by atoms with Crippen LogP contribution in [0.15, 0.2) is 64.0 Å². The highest BCUT2D eigenvalue weighted by atomic mass is 35.5. The maximum absolute atomic E-state index is 12.6. The van der Waals surface area contributed by atoms with E-state index in [0.717, 1.165) is 22.4 Å². The smallest absolute Gasteiger partial charge is 0.195 e. The quantitative estimate of drug-likeness (QED) is 0.430. The van der Waals surface area contributed by atoms with Crippen LogP contribution in [0.4, 0.5) is 11.4 Å². The molecule has 5 atom stereocenters.